The van der Waals surface area contributed by atoms with Crippen molar-refractivity contribution in [2.75, 3.05) is 0 Å². The summed E-state index contributed by atoms with van der Waals surface area (Å²) in [5.41, 5.74) is 0.492. The minimum atomic E-state index is -0.471. The van der Waals surface area contributed by atoms with Gasteiger partial charge in [-0.1, -0.05) is 46.7 Å². The number of para-hydroxylation sites is 1. The molecule has 0 aliphatic rings. The number of thiazole rings is 1. The summed E-state index contributed by atoms with van der Waals surface area (Å²) in [7, 11) is 0. The Morgan fingerprint density at radius 2 is 1.91 bits per heavy atom. The van der Waals surface area contributed by atoms with E-state index in [1.807, 2.05) is 0 Å². The third-order valence-corrected chi connectivity index (χ3v) is 6.13. The number of halogens is 2. The zero-order valence-electron chi connectivity index (χ0n) is 15.9. The van der Waals surface area contributed by atoms with Crippen LogP contribution < -0.4 is 10.1 Å². The molecule has 5 rings (SSSR count). The molecule has 158 valence electrons. The van der Waals surface area contributed by atoms with Gasteiger partial charge >= 0.3 is 0 Å². The highest BCUT2D eigenvalue weighted by Crippen LogP contribution is 2.31. The number of nitrogens with zero attached hydrogens (tertiary/aromatic N) is 4. The van der Waals surface area contributed by atoms with E-state index in [2.05, 4.69) is 10.1 Å². The Labute approximate surface area is 193 Å². The number of hydrogen-bond acceptors (Lipinski definition) is 7. The number of furan rings is 1. The molecule has 0 bridgehead atoms. The summed E-state index contributed by atoms with van der Waals surface area (Å²) in [5.74, 6) is 1.02. The van der Waals surface area contributed by atoms with Crippen LogP contribution in [0.25, 0.3) is 33.7 Å². The molecule has 2 aromatic carbocycles. The average Bonchev–Trinajstić information content (AvgIpc) is 3.46. The van der Waals surface area contributed by atoms with Gasteiger partial charge in [0.05, 0.1) is 15.5 Å². The van der Waals surface area contributed by atoms with Gasteiger partial charge in [0.15, 0.2) is 5.82 Å². The van der Waals surface area contributed by atoms with E-state index in [0.717, 1.165) is 11.3 Å². The van der Waals surface area contributed by atoms with Crippen LogP contribution in [0.5, 0.6) is 0 Å². The lowest BCUT2D eigenvalue weighted by Gasteiger charge is -1.99. The molecule has 0 atom stereocenters. The Hall–Kier alpha value is -3.53. The van der Waals surface area contributed by atoms with Crippen LogP contribution in [0, 0.1) is 10.1 Å². The number of rotatable bonds is 4. The van der Waals surface area contributed by atoms with Crippen molar-refractivity contribution >= 4 is 51.3 Å². The number of aromatic nitrogens is 3. The predicted octanol–water partition coefficient (Wildman–Crippen LogP) is 4.84. The Morgan fingerprint density at radius 3 is 2.66 bits per heavy atom. The van der Waals surface area contributed by atoms with Gasteiger partial charge in [-0.05, 0) is 36.4 Å². The normalized spacial score (nSPS) is 12.0. The molecule has 5 aromatic rings. The molecule has 0 aliphatic heterocycles. The Kier molecular flexibility index (Phi) is 5.01. The predicted molar refractivity (Wildman–Crippen MR) is 122 cm³/mol. The third kappa shape index (κ3) is 3.56. The van der Waals surface area contributed by atoms with Crippen molar-refractivity contribution in [3.8, 4) is 22.7 Å². The number of nitro groups is 1. The molecule has 0 saturated heterocycles. The molecule has 11 heteroatoms. The van der Waals surface area contributed by atoms with Crippen LogP contribution in [0.15, 0.2) is 63.8 Å². The third-order valence-electron chi connectivity index (χ3n) is 4.62. The topological polar surface area (TPSA) is 104 Å². The first kappa shape index (κ1) is 20.4. The summed E-state index contributed by atoms with van der Waals surface area (Å²) in [5, 5.41) is 16.4. The van der Waals surface area contributed by atoms with E-state index in [0.29, 0.717) is 48.0 Å². The second kappa shape index (κ2) is 7.86. The van der Waals surface area contributed by atoms with Crippen LogP contribution in [0.4, 0.5) is 5.69 Å². The Bertz CT molecular complexity index is 1620. The molecule has 32 heavy (non-hydrogen) atoms. The van der Waals surface area contributed by atoms with Crippen LogP contribution in [0.3, 0.4) is 0 Å². The van der Waals surface area contributed by atoms with Crippen molar-refractivity contribution in [2.24, 2.45) is 0 Å². The zero-order valence-corrected chi connectivity index (χ0v) is 18.2. The molecular weight excluding hydrogens is 475 g/mol. The largest absolute Gasteiger partial charge is 0.456 e. The molecule has 3 aromatic heterocycles. The van der Waals surface area contributed by atoms with Crippen molar-refractivity contribution in [1.82, 2.24) is 14.6 Å². The first-order valence-electron chi connectivity index (χ1n) is 9.11. The molecule has 0 spiro atoms. The highest BCUT2D eigenvalue weighted by Gasteiger charge is 2.18. The summed E-state index contributed by atoms with van der Waals surface area (Å²) >= 11 is 13.3. The van der Waals surface area contributed by atoms with E-state index in [1.165, 1.54) is 10.6 Å². The number of nitro benzene ring substituents is 1. The van der Waals surface area contributed by atoms with Crippen LogP contribution >= 0.6 is 34.5 Å². The monoisotopic (exact) mass is 484 g/mol. The van der Waals surface area contributed by atoms with Crippen molar-refractivity contribution in [2.45, 2.75) is 0 Å². The quantitative estimate of drug-likeness (QED) is 0.267. The fourth-order valence-electron chi connectivity index (χ4n) is 3.16. The van der Waals surface area contributed by atoms with E-state index in [-0.39, 0.29) is 11.2 Å². The molecular formula is C21H10Cl2N4O4S. The lowest BCUT2D eigenvalue weighted by atomic mass is 10.1. The van der Waals surface area contributed by atoms with Crippen LogP contribution in [0.2, 0.25) is 10.0 Å². The van der Waals surface area contributed by atoms with Gasteiger partial charge in [-0.15, -0.1) is 5.10 Å². The molecule has 0 fully saturated rings. The maximum absolute atomic E-state index is 12.8. The van der Waals surface area contributed by atoms with E-state index < -0.39 is 4.92 Å². The van der Waals surface area contributed by atoms with E-state index in [1.54, 1.807) is 54.6 Å². The molecule has 3 heterocycles. The molecule has 0 N–H and O–H groups in total. The van der Waals surface area contributed by atoms with Gasteiger partial charge in [-0.3, -0.25) is 14.9 Å². The summed E-state index contributed by atoms with van der Waals surface area (Å²) < 4.78 is 7.30. The van der Waals surface area contributed by atoms with Crippen molar-refractivity contribution in [3.05, 3.63) is 95.4 Å². The van der Waals surface area contributed by atoms with Crippen LogP contribution in [0.1, 0.15) is 5.76 Å². The Morgan fingerprint density at radius 1 is 1.09 bits per heavy atom. The first-order valence-corrected chi connectivity index (χ1v) is 10.7. The number of fused-ring (bicyclic) bond motifs is 1. The number of benzene rings is 2. The smallest absolute Gasteiger partial charge is 0.291 e. The second-order valence-electron chi connectivity index (χ2n) is 6.65. The van der Waals surface area contributed by atoms with Gasteiger partial charge < -0.3 is 4.42 Å². The lowest BCUT2D eigenvalue weighted by Crippen LogP contribution is -2.23. The summed E-state index contributed by atoms with van der Waals surface area (Å²) in [4.78, 5) is 28.4. The fourth-order valence-corrected chi connectivity index (χ4v) is 4.55. The highest BCUT2D eigenvalue weighted by molar-refractivity contribution is 7.15. The second-order valence-corrected chi connectivity index (χ2v) is 8.50. The summed E-state index contributed by atoms with van der Waals surface area (Å²) in [6.45, 7) is 0. The maximum atomic E-state index is 12.8. The van der Waals surface area contributed by atoms with Gasteiger partial charge in [0.25, 0.3) is 11.2 Å². The molecule has 0 aliphatic carbocycles. The van der Waals surface area contributed by atoms with Crippen molar-refractivity contribution < 1.29 is 9.34 Å². The zero-order chi connectivity index (χ0) is 22.4. The van der Waals surface area contributed by atoms with Gasteiger partial charge in [0.1, 0.15) is 16.1 Å². The Balaban J connectivity index is 1.53. The fraction of sp³-hybridized carbons (Fsp3) is 0. The van der Waals surface area contributed by atoms with Gasteiger partial charge in [0, 0.05) is 22.7 Å². The van der Waals surface area contributed by atoms with Gasteiger partial charge in [0.2, 0.25) is 4.96 Å². The molecule has 0 radical (unpaired) electrons. The molecule has 8 nitrogen and oxygen atoms in total. The molecule has 0 unspecified atom stereocenters. The van der Waals surface area contributed by atoms with Gasteiger partial charge in [-0.2, -0.15) is 9.50 Å². The highest BCUT2D eigenvalue weighted by atomic mass is 35.5. The SMILES string of the molecule is O=c1/c(=C\c2ccc(-c3ccccc3[N+](=O)[O-])o2)sc2nc(-c3ccc(Cl)cc3Cl)nn12. The molecule has 0 amide bonds. The van der Waals surface area contributed by atoms with E-state index >= 15 is 0 Å². The van der Waals surface area contributed by atoms with Crippen LogP contribution in [-0.2, 0) is 0 Å². The first-order chi connectivity index (χ1) is 15.4. The average molecular weight is 485 g/mol. The lowest BCUT2D eigenvalue weighted by molar-refractivity contribution is -0.384. The van der Waals surface area contributed by atoms with Crippen molar-refractivity contribution in [1.29, 1.82) is 0 Å². The van der Waals surface area contributed by atoms with E-state index in [4.69, 9.17) is 27.6 Å². The maximum Gasteiger partial charge on any atom is 0.291 e. The number of hydrogen-bond donors (Lipinski definition) is 0. The minimum Gasteiger partial charge on any atom is -0.456 e. The standard InChI is InChI=1S/C21H10Cl2N4O4S/c22-11-5-7-13(15(23)9-11)19-24-21-26(25-19)20(28)18(32-21)10-12-6-8-17(31-12)14-3-1-2-4-16(14)27(29)30/h1-10H/b18-10+. The van der Waals surface area contributed by atoms with E-state index in [9.17, 15) is 14.9 Å². The van der Waals surface area contributed by atoms with Crippen molar-refractivity contribution in [3.63, 3.8) is 0 Å². The van der Waals surface area contributed by atoms with Crippen LogP contribution in [-0.4, -0.2) is 19.5 Å². The summed E-state index contributed by atoms with van der Waals surface area (Å²) in [6, 6.07) is 14.5. The van der Waals surface area contributed by atoms with Gasteiger partial charge in [-0.25, -0.2) is 0 Å². The summed E-state index contributed by atoms with van der Waals surface area (Å²) in [6.07, 6.45) is 1.55. The minimum absolute atomic E-state index is 0.0647. The molecule has 0 saturated carbocycles.